The zero-order valence-electron chi connectivity index (χ0n) is 9.17. The van der Waals surface area contributed by atoms with Gasteiger partial charge in [0.05, 0.1) is 17.8 Å². The van der Waals surface area contributed by atoms with Crippen LogP contribution in [0.25, 0.3) is 0 Å². The van der Waals surface area contributed by atoms with Crippen molar-refractivity contribution in [1.82, 2.24) is 9.97 Å². The Labute approximate surface area is 102 Å². The molecule has 0 saturated heterocycles. The van der Waals surface area contributed by atoms with Crippen molar-refractivity contribution in [1.29, 1.82) is 0 Å². The second-order valence-corrected chi connectivity index (χ2v) is 4.39. The quantitative estimate of drug-likeness (QED) is 0.868. The highest BCUT2D eigenvalue weighted by Gasteiger charge is 2.08. The Bertz CT molecular complexity index is 526. The fraction of sp³-hybridized carbons (Fsp3) is 0.182. The van der Waals surface area contributed by atoms with Crippen LogP contribution >= 0.6 is 11.3 Å². The largest absolute Gasteiger partial charge is 0.478 e. The number of nitrogens with one attached hydrogen (secondary N) is 1. The summed E-state index contributed by atoms with van der Waals surface area (Å²) < 4.78 is 0. The zero-order chi connectivity index (χ0) is 12.3. The molecule has 0 bridgehead atoms. The highest BCUT2D eigenvalue weighted by atomic mass is 32.1. The number of pyridine rings is 1. The maximum atomic E-state index is 10.8. The molecule has 2 aromatic rings. The Morgan fingerprint density at radius 3 is 2.94 bits per heavy atom. The van der Waals surface area contributed by atoms with Crippen LogP contribution in [-0.4, -0.2) is 21.0 Å². The molecule has 0 amide bonds. The molecule has 5 nitrogen and oxygen atoms in total. The first kappa shape index (κ1) is 11.5. The standard InChI is InChI=1S/C11H11N3O2S/c1-7-8(11(15)16)2-3-9(14-7)13-6-10-12-4-5-17-10/h2-5H,6H2,1H3,(H,13,14)(H,15,16). The number of anilines is 1. The minimum absolute atomic E-state index is 0.227. The number of aromatic nitrogens is 2. The molecule has 0 radical (unpaired) electrons. The summed E-state index contributed by atoms with van der Waals surface area (Å²) >= 11 is 1.56. The molecule has 2 N–H and O–H groups in total. The van der Waals surface area contributed by atoms with Crippen molar-refractivity contribution in [2.24, 2.45) is 0 Å². The van der Waals surface area contributed by atoms with Gasteiger partial charge in [-0.3, -0.25) is 0 Å². The Balaban J connectivity index is 2.07. The molecule has 0 aliphatic heterocycles. The van der Waals surface area contributed by atoms with E-state index in [0.29, 0.717) is 18.1 Å². The van der Waals surface area contributed by atoms with Crippen molar-refractivity contribution in [3.63, 3.8) is 0 Å². The number of carboxylic acids is 1. The summed E-state index contributed by atoms with van der Waals surface area (Å²) in [6, 6.07) is 3.21. The number of nitrogens with zero attached hydrogens (tertiary/aromatic N) is 2. The van der Waals surface area contributed by atoms with E-state index < -0.39 is 5.97 Å². The SMILES string of the molecule is Cc1nc(NCc2nccs2)ccc1C(=O)O. The predicted molar refractivity (Wildman–Crippen MR) is 65.4 cm³/mol. The summed E-state index contributed by atoms with van der Waals surface area (Å²) in [4.78, 5) is 19.1. The number of carbonyl (C=O) groups is 1. The second-order valence-electron chi connectivity index (χ2n) is 3.41. The molecule has 6 heteroatoms. The summed E-state index contributed by atoms with van der Waals surface area (Å²) in [7, 11) is 0. The van der Waals surface area contributed by atoms with E-state index in [0.717, 1.165) is 5.01 Å². The van der Waals surface area contributed by atoms with Gasteiger partial charge in [0.2, 0.25) is 0 Å². The molecule has 17 heavy (non-hydrogen) atoms. The molecule has 0 aliphatic carbocycles. The number of aryl methyl sites for hydroxylation is 1. The highest BCUT2D eigenvalue weighted by Crippen LogP contribution is 2.12. The molecular weight excluding hydrogens is 238 g/mol. The van der Waals surface area contributed by atoms with Gasteiger partial charge in [-0.25, -0.2) is 14.8 Å². The van der Waals surface area contributed by atoms with Crippen molar-refractivity contribution in [3.8, 4) is 0 Å². The van der Waals surface area contributed by atoms with Crippen molar-refractivity contribution in [2.45, 2.75) is 13.5 Å². The average molecular weight is 249 g/mol. The summed E-state index contributed by atoms with van der Waals surface area (Å²) in [5.41, 5.74) is 0.728. The van der Waals surface area contributed by atoms with E-state index >= 15 is 0 Å². The molecule has 0 atom stereocenters. The number of hydrogen-bond donors (Lipinski definition) is 2. The van der Waals surface area contributed by atoms with Gasteiger partial charge in [0.25, 0.3) is 0 Å². The van der Waals surface area contributed by atoms with Crippen LogP contribution in [0.1, 0.15) is 21.1 Å². The van der Waals surface area contributed by atoms with Gasteiger partial charge in [0, 0.05) is 11.6 Å². The Hall–Kier alpha value is -1.95. The smallest absolute Gasteiger partial charge is 0.337 e. The lowest BCUT2D eigenvalue weighted by Crippen LogP contribution is -2.06. The van der Waals surface area contributed by atoms with E-state index in [-0.39, 0.29) is 5.56 Å². The van der Waals surface area contributed by atoms with E-state index in [1.165, 1.54) is 0 Å². The molecule has 0 saturated carbocycles. The topological polar surface area (TPSA) is 75.1 Å². The minimum Gasteiger partial charge on any atom is -0.478 e. The van der Waals surface area contributed by atoms with Gasteiger partial charge >= 0.3 is 5.97 Å². The van der Waals surface area contributed by atoms with Gasteiger partial charge in [-0.15, -0.1) is 11.3 Å². The van der Waals surface area contributed by atoms with E-state index in [2.05, 4.69) is 15.3 Å². The minimum atomic E-state index is -0.957. The van der Waals surface area contributed by atoms with Crippen LogP contribution in [0.5, 0.6) is 0 Å². The van der Waals surface area contributed by atoms with E-state index in [1.54, 1.807) is 36.6 Å². The maximum Gasteiger partial charge on any atom is 0.337 e. The van der Waals surface area contributed by atoms with Crippen molar-refractivity contribution < 1.29 is 9.90 Å². The third-order valence-corrected chi connectivity index (χ3v) is 3.00. The van der Waals surface area contributed by atoms with Gasteiger partial charge in [-0.1, -0.05) is 0 Å². The van der Waals surface area contributed by atoms with Crippen LogP contribution in [0, 0.1) is 6.92 Å². The normalized spacial score (nSPS) is 10.2. The van der Waals surface area contributed by atoms with Gasteiger partial charge < -0.3 is 10.4 Å². The monoisotopic (exact) mass is 249 g/mol. The lowest BCUT2D eigenvalue weighted by molar-refractivity contribution is 0.0695. The van der Waals surface area contributed by atoms with Crippen LogP contribution in [0.15, 0.2) is 23.7 Å². The van der Waals surface area contributed by atoms with Crippen molar-refractivity contribution >= 4 is 23.1 Å². The molecule has 0 fully saturated rings. The number of aromatic carboxylic acids is 1. The van der Waals surface area contributed by atoms with Crippen LogP contribution in [0.4, 0.5) is 5.82 Å². The lowest BCUT2D eigenvalue weighted by Gasteiger charge is -2.06. The number of hydrogen-bond acceptors (Lipinski definition) is 5. The third kappa shape index (κ3) is 2.79. The number of rotatable bonds is 4. The molecule has 2 aromatic heterocycles. The van der Waals surface area contributed by atoms with Gasteiger partial charge in [0.15, 0.2) is 0 Å². The molecular formula is C11H11N3O2S. The summed E-state index contributed by atoms with van der Waals surface area (Å²) in [5, 5.41) is 14.8. The molecule has 88 valence electrons. The summed E-state index contributed by atoms with van der Waals surface area (Å²) in [6.07, 6.45) is 1.74. The Morgan fingerprint density at radius 1 is 1.53 bits per heavy atom. The van der Waals surface area contributed by atoms with E-state index in [9.17, 15) is 4.79 Å². The fourth-order valence-corrected chi connectivity index (χ4v) is 1.95. The van der Waals surface area contributed by atoms with Gasteiger partial charge in [-0.05, 0) is 19.1 Å². The Kier molecular flexibility index (Phi) is 3.34. The van der Waals surface area contributed by atoms with Crippen molar-refractivity contribution in [3.05, 3.63) is 40.0 Å². The van der Waals surface area contributed by atoms with E-state index in [4.69, 9.17) is 5.11 Å². The molecule has 2 heterocycles. The van der Waals surface area contributed by atoms with Crippen LogP contribution in [0.3, 0.4) is 0 Å². The average Bonchev–Trinajstić information content (AvgIpc) is 2.78. The first-order chi connectivity index (χ1) is 8.16. The van der Waals surface area contributed by atoms with Crippen LogP contribution in [0.2, 0.25) is 0 Å². The van der Waals surface area contributed by atoms with Crippen LogP contribution in [-0.2, 0) is 6.54 Å². The highest BCUT2D eigenvalue weighted by molar-refractivity contribution is 7.09. The molecule has 2 rings (SSSR count). The first-order valence-corrected chi connectivity index (χ1v) is 5.88. The van der Waals surface area contributed by atoms with Gasteiger partial charge in [-0.2, -0.15) is 0 Å². The molecule has 0 aromatic carbocycles. The number of carboxylic acid groups (broad SMARTS) is 1. The van der Waals surface area contributed by atoms with Crippen LogP contribution < -0.4 is 5.32 Å². The molecule has 0 aliphatic rings. The third-order valence-electron chi connectivity index (χ3n) is 2.22. The number of thiazole rings is 1. The predicted octanol–water partition coefficient (Wildman–Crippen LogP) is 2.16. The zero-order valence-corrected chi connectivity index (χ0v) is 9.99. The second kappa shape index (κ2) is 4.92. The maximum absolute atomic E-state index is 10.8. The first-order valence-electron chi connectivity index (χ1n) is 5.00. The summed E-state index contributed by atoms with van der Waals surface area (Å²) in [5.74, 6) is -0.302. The molecule has 0 spiro atoms. The van der Waals surface area contributed by atoms with Crippen molar-refractivity contribution in [2.75, 3.05) is 5.32 Å². The Morgan fingerprint density at radius 2 is 2.35 bits per heavy atom. The summed E-state index contributed by atoms with van der Waals surface area (Å²) in [6.45, 7) is 2.27. The fourth-order valence-electron chi connectivity index (χ4n) is 1.39. The lowest BCUT2D eigenvalue weighted by atomic mass is 10.2. The molecule has 0 unspecified atom stereocenters. The van der Waals surface area contributed by atoms with Gasteiger partial charge in [0.1, 0.15) is 10.8 Å². The van der Waals surface area contributed by atoms with E-state index in [1.807, 2.05) is 5.38 Å².